The Kier molecular flexibility index (Phi) is 3.02. The van der Waals surface area contributed by atoms with Gasteiger partial charge >= 0.3 is 0 Å². The summed E-state index contributed by atoms with van der Waals surface area (Å²) >= 11 is 0. The fourth-order valence-electron chi connectivity index (χ4n) is 2.21. The summed E-state index contributed by atoms with van der Waals surface area (Å²) in [7, 11) is 0. The van der Waals surface area contributed by atoms with Gasteiger partial charge in [0.05, 0.1) is 5.69 Å². The lowest BCUT2D eigenvalue weighted by Gasteiger charge is -2.09. The van der Waals surface area contributed by atoms with Crippen LogP contribution in [-0.2, 0) is 6.42 Å². The number of carbonyl (C=O) groups excluding carboxylic acids is 1. The molecule has 7 heteroatoms. The first-order valence-corrected chi connectivity index (χ1v) is 6.32. The van der Waals surface area contributed by atoms with Gasteiger partial charge in [0.25, 0.3) is 0 Å². The van der Waals surface area contributed by atoms with Crippen LogP contribution in [0.3, 0.4) is 0 Å². The largest absolute Gasteiger partial charge is 0.396 e. The molecule has 0 saturated heterocycles. The van der Waals surface area contributed by atoms with Crippen LogP contribution in [0.5, 0.6) is 0 Å². The summed E-state index contributed by atoms with van der Waals surface area (Å²) < 4.78 is 4.65. The molecule has 4 N–H and O–H groups in total. The molecule has 1 amide bonds. The minimum Gasteiger partial charge on any atom is -0.396 e. The zero-order valence-electron chi connectivity index (χ0n) is 11.3. The number of nitrogens with zero attached hydrogens (tertiary/aromatic N) is 3. The summed E-state index contributed by atoms with van der Waals surface area (Å²) in [5.74, 6) is -0.450. The third kappa shape index (κ3) is 2.29. The topological polar surface area (TPSA) is 121 Å². The number of amides is 1. The average molecular weight is 283 g/mol. The Labute approximate surface area is 119 Å². The second-order valence-electron chi connectivity index (χ2n) is 4.76. The van der Waals surface area contributed by atoms with Crippen molar-refractivity contribution in [1.29, 1.82) is 0 Å². The minimum absolute atomic E-state index is 0.401. The maximum Gasteiger partial charge on any atom is 0.248 e. The summed E-state index contributed by atoms with van der Waals surface area (Å²) in [5.41, 5.74) is 15.8. The third-order valence-electron chi connectivity index (χ3n) is 3.38. The number of aryl methyl sites for hydroxylation is 1. The first kappa shape index (κ1) is 13.0. The second kappa shape index (κ2) is 4.86. The molecule has 0 aliphatic heterocycles. The highest BCUT2D eigenvalue weighted by Crippen LogP contribution is 2.25. The van der Waals surface area contributed by atoms with Crippen LogP contribution >= 0.6 is 0 Å². The predicted octanol–water partition coefficient (Wildman–Crippen LogP) is 1.20. The summed E-state index contributed by atoms with van der Waals surface area (Å²) in [6, 6.07) is 7.05. The number of aromatic nitrogens is 3. The van der Waals surface area contributed by atoms with Crippen molar-refractivity contribution in [3.8, 4) is 0 Å². The smallest absolute Gasteiger partial charge is 0.248 e. The van der Waals surface area contributed by atoms with Crippen LogP contribution in [0.2, 0.25) is 0 Å². The third-order valence-corrected chi connectivity index (χ3v) is 3.38. The summed E-state index contributed by atoms with van der Waals surface area (Å²) in [5, 5.41) is 7.46. The van der Waals surface area contributed by atoms with Gasteiger partial charge in [0.15, 0.2) is 5.52 Å². The molecule has 106 valence electrons. The SMILES string of the molecule is Cc1nc2nonc2c(N)c1Cc1ccc(C(N)=O)cc1. The van der Waals surface area contributed by atoms with Crippen LogP contribution in [0.15, 0.2) is 28.9 Å². The summed E-state index contributed by atoms with van der Waals surface area (Å²) in [4.78, 5) is 15.4. The Balaban J connectivity index is 1.99. The van der Waals surface area contributed by atoms with Gasteiger partial charge in [-0.15, -0.1) is 0 Å². The fourth-order valence-corrected chi connectivity index (χ4v) is 2.21. The molecule has 0 fully saturated rings. The van der Waals surface area contributed by atoms with Crippen LogP contribution in [0.1, 0.15) is 27.2 Å². The van der Waals surface area contributed by atoms with Gasteiger partial charge in [-0.25, -0.2) is 9.61 Å². The van der Waals surface area contributed by atoms with Crippen molar-refractivity contribution in [3.63, 3.8) is 0 Å². The van der Waals surface area contributed by atoms with Crippen molar-refractivity contribution in [2.75, 3.05) is 5.73 Å². The van der Waals surface area contributed by atoms with Crippen LogP contribution in [-0.4, -0.2) is 21.2 Å². The van der Waals surface area contributed by atoms with Gasteiger partial charge in [-0.3, -0.25) is 4.79 Å². The fraction of sp³-hybridized carbons (Fsp3) is 0.143. The first-order valence-electron chi connectivity index (χ1n) is 6.32. The van der Waals surface area contributed by atoms with E-state index in [2.05, 4.69) is 19.9 Å². The molecule has 2 aromatic heterocycles. The van der Waals surface area contributed by atoms with Crippen molar-refractivity contribution in [2.24, 2.45) is 5.73 Å². The molecule has 1 aromatic carbocycles. The van der Waals surface area contributed by atoms with Gasteiger partial charge in [-0.05, 0) is 34.9 Å². The van der Waals surface area contributed by atoms with E-state index in [9.17, 15) is 4.79 Å². The Bertz CT molecular complexity index is 823. The maximum absolute atomic E-state index is 11.1. The van der Waals surface area contributed by atoms with Crippen molar-refractivity contribution >= 4 is 22.8 Å². The minimum atomic E-state index is -0.450. The van der Waals surface area contributed by atoms with E-state index in [0.29, 0.717) is 28.8 Å². The molecule has 0 unspecified atom stereocenters. The molecule has 0 saturated carbocycles. The van der Waals surface area contributed by atoms with E-state index in [1.807, 2.05) is 19.1 Å². The summed E-state index contributed by atoms with van der Waals surface area (Å²) in [6.07, 6.45) is 0.576. The predicted molar refractivity (Wildman–Crippen MR) is 76.5 cm³/mol. The van der Waals surface area contributed by atoms with E-state index in [4.69, 9.17) is 11.5 Å². The van der Waals surface area contributed by atoms with E-state index >= 15 is 0 Å². The number of hydrogen-bond donors (Lipinski definition) is 2. The number of nitrogens with two attached hydrogens (primary N) is 2. The van der Waals surface area contributed by atoms with Gasteiger partial charge in [-0.1, -0.05) is 12.1 Å². The number of pyridine rings is 1. The molecular weight excluding hydrogens is 270 g/mol. The number of fused-ring (bicyclic) bond motifs is 1. The number of anilines is 1. The van der Waals surface area contributed by atoms with Gasteiger partial charge in [0.2, 0.25) is 11.6 Å². The van der Waals surface area contributed by atoms with Crippen LogP contribution in [0, 0.1) is 6.92 Å². The number of rotatable bonds is 3. The quantitative estimate of drug-likeness (QED) is 0.744. The lowest BCUT2D eigenvalue weighted by atomic mass is 10.0. The molecule has 0 aliphatic carbocycles. The molecular formula is C14H13N5O2. The Hall–Kier alpha value is -2.96. The number of benzene rings is 1. The highest BCUT2D eigenvalue weighted by Gasteiger charge is 2.14. The van der Waals surface area contributed by atoms with E-state index in [0.717, 1.165) is 16.8 Å². The standard InChI is InChI=1S/C14H13N5O2/c1-7-10(11(15)12-14(17-7)19-21-18-12)6-8-2-4-9(5-3-8)13(16)20/h2-5H,6,15H2,1H3,(H2,16,20). The zero-order valence-corrected chi connectivity index (χ0v) is 11.3. The molecule has 0 bridgehead atoms. The van der Waals surface area contributed by atoms with Crippen molar-refractivity contribution < 1.29 is 9.42 Å². The number of hydrogen-bond acceptors (Lipinski definition) is 6. The molecule has 0 spiro atoms. The lowest BCUT2D eigenvalue weighted by molar-refractivity contribution is 0.100. The highest BCUT2D eigenvalue weighted by atomic mass is 16.6. The normalized spacial score (nSPS) is 10.9. The van der Waals surface area contributed by atoms with Gasteiger partial charge in [0, 0.05) is 23.2 Å². The Morgan fingerprint density at radius 1 is 1.24 bits per heavy atom. The van der Waals surface area contributed by atoms with E-state index < -0.39 is 5.91 Å². The second-order valence-corrected chi connectivity index (χ2v) is 4.76. The molecule has 0 radical (unpaired) electrons. The van der Waals surface area contributed by atoms with E-state index in [-0.39, 0.29) is 0 Å². The molecule has 7 nitrogen and oxygen atoms in total. The van der Waals surface area contributed by atoms with Crippen molar-refractivity contribution in [3.05, 3.63) is 46.6 Å². The van der Waals surface area contributed by atoms with Crippen molar-refractivity contribution in [1.82, 2.24) is 15.3 Å². The molecule has 0 atom stereocenters. The monoisotopic (exact) mass is 283 g/mol. The van der Waals surface area contributed by atoms with Gasteiger partial charge in [0.1, 0.15) is 0 Å². The van der Waals surface area contributed by atoms with Crippen LogP contribution in [0.4, 0.5) is 5.69 Å². The summed E-state index contributed by atoms with van der Waals surface area (Å²) in [6.45, 7) is 1.86. The molecule has 0 aliphatic rings. The highest BCUT2D eigenvalue weighted by molar-refractivity contribution is 5.92. The first-order chi connectivity index (χ1) is 10.1. The number of primary amides is 1. The Morgan fingerprint density at radius 2 is 1.95 bits per heavy atom. The molecule has 3 rings (SSSR count). The lowest BCUT2D eigenvalue weighted by Crippen LogP contribution is -2.10. The van der Waals surface area contributed by atoms with E-state index in [1.54, 1.807) is 12.1 Å². The zero-order chi connectivity index (χ0) is 15.0. The van der Waals surface area contributed by atoms with Crippen LogP contribution in [0.25, 0.3) is 11.2 Å². The van der Waals surface area contributed by atoms with Gasteiger partial charge in [-0.2, -0.15) is 0 Å². The van der Waals surface area contributed by atoms with E-state index in [1.165, 1.54) is 0 Å². The molecule has 3 aromatic rings. The van der Waals surface area contributed by atoms with Crippen molar-refractivity contribution in [2.45, 2.75) is 13.3 Å². The van der Waals surface area contributed by atoms with Crippen LogP contribution < -0.4 is 11.5 Å². The number of nitrogen functional groups attached to an aromatic ring is 1. The average Bonchev–Trinajstić information content (AvgIpc) is 2.92. The molecule has 21 heavy (non-hydrogen) atoms. The molecule has 2 heterocycles. The Morgan fingerprint density at radius 3 is 2.62 bits per heavy atom. The maximum atomic E-state index is 11.1. The number of carbonyl (C=O) groups is 1. The van der Waals surface area contributed by atoms with Gasteiger partial charge < -0.3 is 11.5 Å².